The van der Waals surface area contributed by atoms with Gasteiger partial charge in [-0.15, -0.1) is 0 Å². The first-order valence-electron chi connectivity index (χ1n) is 4.36. The van der Waals surface area contributed by atoms with Crippen molar-refractivity contribution in [1.82, 2.24) is 4.98 Å². The molecule has 0 aromatic carbocycles. The van der Waals surface area contributed by atoms with Gasteiger partial charge < -0.3 is 4.74 Å². The number of hydrogen-bond donors (Lipinski definition) is 0. The Kier molecular flexibility index (Phi) is 1.95. The van der Waals surface area contributed by atoms with Crippen molar-refractivity contribution in [3.63, 3.8) is 0 Å². The van der Waals surface area contributed by atoms with Gasteiger partial charge in [0.2, 0.25) is 5.88 Å². The predicted octanol–water partition coefficient (Wildman–Crippen LogP) is 2.80. The molecule has 1 fully saturated rings. The third-order valence-electron chi connectivity index (χ3n) is 2.66. The van der Waals surface area contributed by atoms with E-state index in [-0.39, 0.29) is 5.41 Å². The van der Waals surface area contributed by atoms with E-state index in [4.69, 9.17) is 16.3 Å². The monoisotopic (exact) mass is 197 g/mol. The quantitative estimate of drug-likeness (QED) is 0.728. The lowest BCUT2D eigenvalue weighted by molar-refractivity contribution is 0.388. The Labute approximate surface area is 82.9 Å². The van der Waals surface area contributed by atoms with E-state index in [1.807, 2.05) is 6.07 Å². The summed E-state index contributed by atoms with van der Waals surface area (Å²) < 4.78 is 5.20. The fourth-order valence-electron chi connectivity index (χ4n) is 1.56. The van der Waals surface area contributed by atoms with Gasteiger partial charge in [-0.25, -0.2) is 4.98 Å². The van der Waals surface area contributed by atoms with E-state index in [2.05, 4.69) is 11.9 Å². The van der Waals surface area contributed by atoms with Gasteiger partial charge in [0.15, 0.2) is 0 Å². The molecule has 0 atom stereocenters. The van der Waals surface area contributed by atoms with Crippen molar-refractivity contribution in [1.29, 1.82) is 0 Å². The van der Waals surface area contributed by atoms with Crippen LogP contribution in [-0.4, -0.2) is 12.1 Å². The van der Waals surface area contributed by atoms with Crippen molar-refractivity contribution < 1.29 is 4.74 Å². The first-order valence-corrected chi connectivity index (χ1v) is 4.74. The van der Waals surface area contributed by atoms with Crippen LogP contribution in [0, 0.1) is 0 Å². The zero-order valence-corrected chi connectivity index (χ0v) is 8.56. The van der Waals surface area contributed by atoms with Crippen molar-refractivity contribution in [2.75, 3.05) is 7.11 Å². The normalized spacial score (nSPS) is 18.4. The molecule has 0 spiro atoms. The number of methoxy groups -OCH3 is 1. The maximum absolute atomic E-state index is 6.11. The molecule has 1 aliphatic rings. The van der Waals surface area contributed by atoms with E-state index in [0.29, 0.717) is 5.88 Å². The topological polar surface area (TPSA) is 22.1 Å². The molecule has 2 rings (SSSR count). The van der Waals surface area contributed by atoms with E-state index in [0.717, 1.165) is 10.6 Å². The number of aromatic nitrogens is 1. The van der Waals surface area contributed by atoms with Crippen molar-refractivity contribution in [3.05, 3.63) is 22.8 Å². The summed E-state index contributed by atoms with van der Waals surface area (Å²) in [6.45, 7) is 2.19. The molecule has 0 saturated heterocycles. The summed E-state index contributed by atoms with van der Waals surface area (Å²) in [6, 6.07) is 1.82. The maximum Gasteiger partial charge on any atom is 0.218 e. The second-order valence-electron chi connectivity index (χ2n) is 3.74. The molecule has 0 unspecified atom stereocenters. The third-order valence-corrected chi connectivity index (χ3v) is 2.98. The molecule has 1 saturated carbocycles. The largest absolute Gasteiger partial charge is 0.481 e. The number of ether oxygens (including phenoxy) is 1. The molecule has 1 heterocycles. The lowest BCUT2D eigenvalue weighted by Gasteiger charge is -2.14. The number of hydrogen-bond acceptors (Lipinski definition) is 2. The van der Waals surface area contributed by atoms with Crippen LogP contribution >= 0.6 is 11.6 Å². The zero-order chi connectivity index (χ0) is 9.47. The first-order chi connectivity index (χ1) is 6.17. The second kappa shape index (κ2) is 2.88. The molecule has 1 aromatic rings. The fraction of sp³-hybridized carbons (Fsp3) is 0.500. The van der Waals surface area contributed by atoms with Gasteiger partial charge in [-0.1, -0.05) is 18.5 Å². The van der Waals surface area contributed by atoms with E-state index < -0.39 is 0 Å². The van der Waals surface area contributed by atoms with Gasteiger partial charge in [-0.2, -0.15) is 0 Å². The standard InChI is InChI=1S/C10H12ClNO/c1-10(4-5-10)8-7(11)3-6-12-9(8)13-2/h3,6H,4-5H2,1-2H3. The highest BCUT2D eigenvalue weighted by Gasteiger charge is 2.43. The molecule has 1 aromatic heterocycles. The van der Waals surface area contributed by atoms with Crippen LogP contribution < -0.4 is 4.74 Å². The predicted molar refractivity (Wildman–Crippen MR) is 52.4 cm³/mol. The Morgan fingerprint density at radius 3 is 2.77 bits per heavy atom. The number of halogens is 1. The Morgan fingerprint density at radius 2 is 2.23 bits per heavy atom. The highest BCUT2D eigenvalue weighted by Crippen LogP contribution is 2.52. The molecule has 0 N–H and O–H groups in total. The molecule has 0 amide bonds. The fourth-order valence-corrected chi connectivity index (χ4v) is 1.92. The van der Waals surface area contributed by atoms with Crippen molar-refractivity contribution in [2.24, 2.45) is 0 Å². The molecule has 3 heteroatoms. The summed E-state index contributed by atoms with van der Waals surface area (Å²) in [4.78, 5) is 4.16. The van der Waals surface area contributed by atoms with Gasteiger partial charge >= 0.3 is 0 Å². The number of nitrogens with zero attached hydrogens (tertiary/aromatic N) is 1. The maximum atomic E-state index is 6.11. The van der Waals surface area contributed by atoms with E-state index in [1.165, 1.54) is 12.8 Å². The summed E-state index contributed by atoms with van der Waals surface area (Å²) in [5.74, 6) is 0.674. The summed E-state index contributed by atoms with van der Waals surface area (Å²) in [7, 11) is 1.63. The van der Waals surface area contributed by atoms with Gasteiger partial charge in [0.25, 0.3) is 0 Å². The van der Waals surface area contributed by atoms with Crippen LogP contribution in [0.5, 0.6) is 5.88 Å². The molecular weight excluding hydrogens is 186 g/mol. The molecule has 13 heavy (non-hydrogen) atoms. The molecule has 1 aliphatic carbocycles. The van der Waals surface area contributed by atoms with Gasteiger partial charge in [0, 0.05) is 11.8 Å². The molecule has 0 aliphatic heterocycles. The summed E-state index contributed by atoms with van der Waals surface area (Å²) in [5, 5.41) is 0.770. The van der Waals surface area contributed by atoms with Gasteiger partial charge in [0.05, 0.1) is 12.1 Å². The van der Waals surface area contributed by atoms with Crippen LogP contribution in [0.1, 0.15) is 25.3 Å². The number of rotatable bonds is 2. The zero-order valence-electron chi connectivity index (χ0n) is 7.80. The van der Waals surface area contributed by atoms with Crippen LogP contribution in [0.15, 0.2) is 12.3 Å². The Bertz CT molecular complexity index is 334. The molecule has 0 bridgehead atoms. The summed E-state index contributed by atoms with van der Waals surface area (Å²) in [5.41, 5.74) is 1.27. The summed E-state index contributed by atoms with van der Waals surface area (Å²) >= 11 is 6.11. The minimum atomic E-state index is 0.205. The van der Waals surface area contributed by atoms with Gasteiger partial charge in [-0.05, 0) is 24.3 Å². The lowest BCUT2D eigenvalue weighted by Crippen LogP contribution is -2.05. The highest BCUT2D eigenvalue weighted by molar-refractivity contribution is 6.31. The molecular formula is C10H12ClNO. The molecule has 0 radical (unpaired) electrons. The van der Waals surface area contributed by atoms with Crippen LogP contribution in [-0.2, 0) is 5.41 Å². The highest BCUT2D eigenvalue weighted by atomic mass is 35.5. The molecule has 70 valence electrons. The Balaban J connectivity index is 2.52. The van der Waals surface area contributed by atoms with E-state index >= 15 is 0 Å². The Hall–Kier alpha value is -0.760. The van der Waals surface area contributed by atoms with Gasteiger partial charge in [0.1, 0.15) is 0 Å². The van der Waals surface area contributed by atoms with Crippen LogP contribution in [0.2, 0.25) is 5.02 Å². The van der Waals surface area contributed by atoms with Crippen LogP contribution in [0.3, 0.4) is 0 Å². The lowest BCUT2D eigenvalue weighted by atomic mass is 10.00. The van der Waals surface area contributed by atoms with E-state index in [9.17, 15) is 0 Å². The average molecular weight is 198 g/mol. The van der Waals surface area contributed by atoms with Gasteiger partial charge in [-0.3, -0.25) is 0 Å². The minimum Gasteiger partial charge on any atom is -0.481 e. The van der Waals surface area contributed by atoms with Crippen molar-refractivity contribution in [3.8, 4) is 5.88 Å². The summed E-state index contributed by atoms with van der Waals surface area (Å²) in [6.07, 6.45) is 4.03. The second-order valence-corrected chi connectivity index (χ2v) is 4.14. The van der Waals surface area contributed by atoms with E-state index in [1.54, 1.807) is 13.3 Å². The van der Waals surface area contributed by atoms with Crippen LogP contribution in [0.25, 0.3) is 0 Å². The molecule has 2 nitrogen and oxygen atoms in total. The average Bonchev–Trinajstić information content (AvgIpc) is 2.84. The third kappa shape index (κ3) is 1.39. The number of pyridine rings is 1. The Morgan fingerprint density at radius 1 is 1.54 bits per heavy atom. The smallest absolute Gasteiger partial charge is 0.218 e. The minimum absolute atomic E-state index is 0.205. The van der Waals surface area contributed by atoms with Crippen LogP contribution in [0.4, 0.5) is 0 Å². The SMILES string of the molecule is COc1nccc(Cl)c1C1(C)CC1. The van der Waals surface area contributed by atoms with Crippen molar-refractivity contribution >= 4 is 11.6 Å². The first kappa shape index (κ1) is 8.82. The van der Waals surface area contributed by atoms with Crippen molar-refractivity contribution in [2.45, 2.75) is 25.2 Å².